The summed E-state index contributed by atoms with van der Waals surface area (Å²) in [7, 11) is 1.27. The number of carboxylic acid groups (broad SMARTS) is 1. The highest BCUT2D eigenvalue weighted by Crippen LogP contribution is 2.52. The molecule has 1 heterocycles. The Kier molecular flexibility index (Phi) is 7.46. The van der Waals surface area contributed by atoms with Crippen LogP contribution in [0.2, 0.25) is 5.02 Å². The van der Waals surface area contributed by atoms with E-state index < -0.39 is 29.3 Å². The van der Waals surface area contributed by atoms with E-state index in [2.05, 4.69) is 5.32 Å². The Hall–Kier alpha value is -2.09. The third-order valence-electron chi connectivity index (χ3n) is 5.37. The summed E-state index contributed by atoms with van der Waals surface area (Å²) in [5.74, 6) is -2.43. The maximum Gasteiger partial charge on any atom is 0.336 e. The van der Waals surface area contributed by atoms with Crippen LogP contribution in [0.5, 0.6) is 0 Å². The van der Waals surface area contributed by atoms with Crippen LogP contribution in [0, 0.1) is 5.41 Å². The van der Waals surface area contributed by atoms with Crippen molar-refractivity contribution in [3.05, 3.63) is 46.1 Å². The molecule has 0 aromatic heterocycles. The van der Waals surface area contributed by atoms with Crippen molar-refractivity contribution >= 4 is 23.5 Å². The van der Waals surface area contributed by atoms with Crippen molar-refractivity contribution in [1.82, 2.24) is 5.32 Å². The quantitative estimate of drug-likeness (QED) is 0.445. The van der Waals surface area contributed by atoms with Crippen LogP contribution in [-0.2, 0) is 19.1 Å². The Labute approximate surface area is 169 Å². The number of esters is 1. The molecule has 28 heavy (non-hydrogen) atoms. The number of hydrogen-bond donors (Lipinski definition) is 3. The first-order valence-electron chi connectivity index (χ1n) is 9.16. The third-order valence-corrected chi connectivity index (χ3v) is 5.72. The molecule has 1 aromatic rings. The summed E-state index contributed by atoms with van der Waals surface area (Å²) in [6, 6.07) is 6.38. The van der Waals surface area contributed by atoms with Crippen LogP contribution in [0.25, 0.3) is 0 Å². The number of carbonyl (C=O) groups excluding carboxylic acids is 1. The van der Waals surface area contributed by atoms with Gasteiger partial charge in [-0.1, -0.05) is 36.7 Å². The average molecular weight is 411 g/mol. The van der Waals surface area contributed by atoms with Crippen molar-refractivity contribution in [3.8, 4) is 0 Å². The molecule has 1 aromatic carbocycles. The van der Waals surface area contributed by atoms with Crippen molar-refractivity contribution in [2.24, 2.45) is 11.1 Å². The predicted molar refractivity (Wildman–Crippen MR) is 106 cm³/mol. The van der Waals surface area contributed by atoms with Crippen molar-refractivity contribution < 1.29 is 24.2 Å². The second kappa shape index (κ2) is 9.41. The largest absolute Gasteiger partial charge is 0.481 e. The Morgan fingerprint density at radius 2 is 2.04 bits per heavy atom. The highest BCUT2D eigenvalue weighted by Gasteiger charge is 2.57. The molecule has 8 heteroatoms. The molecule has 0 aliphatic carbocycles. The predicted octanol–water partition coefficient (Wildman–Crippen LogP) is 2.30. The Balaban J connectivity index is 2.75. The van der Waals surface area contributed by atoms with E-state index in [9.17, 15) is 14.7 Å². The lowest BCUT2D eigenvalue weighted by Gasteiger charge is -2.48. The molecule has 0 radical (unpaired) electrons. The molecule has 1 aliphatic heterocycles. The Morgan fingerprint density at radius 3 is 2.57 bits per heavy atom. The van der Waals surface area contributed by atoms with Crippen LogP contribution < -0.4 is 11.1 Å². The van der Waals surface area contributed by atoms with Crippen molar-refractivity contribution in [1.29, 1.82) is 0 Å². The fraction of sp³-hybridized carbons (Fsp3) is 0.500. The molecule has 0 spiro atoms. The third kappa shape index (κ3) is 3.87. The molecular formula is C20H27ClN2O5. The summed E-state index contributed by atoms with van der Waals surface area (Å²) in [5, 5.41) is 13.9. The lowest BCUT2D eigenvalue weighted by Crippen LogP contribution is -2.59. The van der Waals surface area contributed by atoms with Gasteiger partial charge in [-0.3, -0.25) is 4.79 Å². The van der Waals surface area contributed by atoms with Gasteiger partial charge in [-0.15, -0.1) is 0 Å². The number of methoxy groups -OCH3 is 1. The zero-order chi connectivity index (χ0) is 20.9. The zero-order valence-corrected chi connectivity index (χ0v) is 17.1. The first kappa shape index (κ1) is 22.2. The van der Waals surface area contributed by atoms with Crippen LogP contribution in [0.4, 0.5) is 0 Å². The highest BCUT2D eigenvalue weighted by molar-refractivity contribution is 6.31. The normalized spacial score (nSPS) is 24.6. The number of aliphatic carboxylic acids is 1. The van der Waals surface area contributed by atoms with Crippen molar-refractivity contribution in [3.63, 3.8) is 0 Å². The summed E-state index contributed by atoms with van der Waals surface area (Å²) < 4.78 is 10.6. The van der Waals surface area contributed by atoms with Gasteiger partial charge < -0.3 is 25.6 Å². The fourth-order valence-corrected chi connectivity index (χ4v) is 4.26. The van der Waals surface area contributed by atoms with E-state index in [1.807, 2.05) is 0 Å². The molecule has 0 amide bonds. The molecular weight excluding hydrogens is 384 g/mol. The number of nitrogens with one attached hydrogen (secondary N) is 1. The number of allylic oxidation sites excluding steroid dienone is 1. The number of nitrogens with two attached hydrogens (primary N) is 1. The number of benzene rings is 1. The standard InChI is InChI=1S/C20H27ClN2O5/c1-4-20(19(25)26)15(11-28-10-9-22)23-12(2)16(18(24)27-3)17(20)13-7-5-6-8-14(13)21/h5-8,15,17,23H,4,9-11,22H2,1-3H3,(H,25,26). The monoisotopic (exact) mass is 410 g/mol. The van der Waals surface area contributed by atoms with Crippen LogP contribution in [0.1, 0.15) is 31.7 Å². The molecule has 154 valence electrons. The van der Waals surface area contributed by atoms with E-state index in [0.29, 0.717) is 29.4 Å². The van der Waals surface area contributed by atoms with Crippen LogP contribution in [0.3, 0.4) is 0 Å². The summed E-state index contributed by atoms with van der Waals surface area (Å²) in [6.45, 7) is 4.28. The molecule has 3 atom stereocenters. The number of rotatable bonds is 8. The first-order chi connectivity index (χ1) is 13.3. The minimum absolute atomic E-state index is 0.129. The van der Waals surface area contributed by atoms with Crippen LogP contribution in [-0.4, -0.2) is 50.0 Å². The summed E-state index contributed by atoms with van der Waals surface area (Å²) in [6.07, 6.45) is 0.246. The number of halogens is 1. The van der Waals surface area contributed by atoms with Gasteiger partial charge in [0.2, 0.25) is 0 Å². The van der Waals surface area contributed by atoms with Gasteiger partial charge in [0.05, 0.1) is 31.9 Å². The SMILES string of the molecule is CCC1(C(=O)O)C(COCCN)NC(C)=C(C(=O)OC)C1c1ccccc1Cl. The maximum absolute atomic E-state index is 12.7. The van der Waals surface area contributed by atoms with Gasteiger partial charge >= 0.3 is 11.9 Å². The van der Waals surface area contributed by atoms with Crippen LogP contribution in [0.15, 0.2) is 35.5 Å². The summed E-state index contributed by atoms with van der Waals surface area (Å²) in [4.78, 5) is 25.3. The van der Waals surface area contributed by atoms with Gasteiger partial charge in [-0.05, 0) is 25.0 Å². The van der Waals surface area contributed by atoms with Gasteiger partial charge in [-0.2, -0.15) is 0 Å². The molecule has 0 bridgehead atoms. The molecule has 1 aliphatic rings. The lowest BCUT2D eigenvalue weighted by molar-refractivity contribution is -0.155. The molecule has 4 N–H and O–H groups in total. The van der Waals surface area contributed by atoms with E-state index in [1.165, 1.54) is 7.11 Å². The van der Waals surface area contributed by atoms with E-state index in [0.717, 1.165) is 0 Å². The summed E-state index contributed by atoms with van der Waals surface area (Å²) >= 11 is 6.45. The summed E-state index contributed by atoms with van der Waals surface area (Å²) in [5.41, 5.74) is 5.50. The van der Waals surface area contributed by atoms with Crippen LogP contribution >= 0.6 is 11.6 Å². The lowest BCUT2D eigenvalue weighted by atomic mass is 9.60. The van der Waals surface area contributed by atoms with E-state index in [4.69, 9.17) is 26.8 Å². The molecule has 2 rings (SSSR count). The Bertz CT molecular complexity index is 767. The van der Waals surface area contributed by atoms with E-state index in [-0.39, 0.29) is 18.6 Å². The number of ether oxygens (including phenoxy) is 2. The topological polar surface area (TPSA) is 111 Å². The molecule has 7 nitrogen and oxygen atoms in total. The van der Waals surface area contributed by atoms with Gasteiger partial charge in [0.1, 0.15) is 5.41 Å². The van der Waals surface area contributed by atoms with E-state index >= 15 is 0 Å². The minimum Gasteiger partial charge on any atom is -0.481 e. The average Bonchev–Trinajstić information content (AvgIpc) is 2.67. The molecule has 0 fully saturated rings. The zero-order valence-electron chi connectivity index (χ0n) is 16.3. The number of carboxylic acids is 1. The number of hydrogen-bond acceptors (Lipinski definition) is 6. The first-order valence-corrected chi connectivity index (χ1v) is 9.54. The van der Waals surface area contributed by atoms with Gasteiger partial charge in [0.25, 0.3) is 0 Å². The fourth-order valence-electron chi connectivity index (χ4n) is 4.02. The van der Waals surface area contributed by atoms with Gasteiger partial charge in [-0.25, -0.2) is 4.79 Å². The van der Waals surface area contributed by atoms with E-state index in [1.54, 1.807) is 38.1 Å². The Morgan fingerprint density at radius 1 is 1.36 bits per heavy atom. The molecule has 0 saturated carbocycles. The number of carbonyl (C=O) groups is 2. The second-order valence-corrected chi connectivity index (χ2v) is 7.15. The van der Waals surface area contributed by atoms with Crippen molar-refractivity contribution in [2.75, 3.05) is 26.9 Å². The molecule has 3 unspecified atom stereocenters. The molecule has 0 saturated heterocycles. The smallest absolute Gasteiger partial charge is 0.336 e. The maximum atomic E-state index is 12.7. The minimum atomic E-state index is -1.37. The highest BCUT2D eigenvalue weighted by atomic mass is 35.5. The van der Waals surface area contributed by atoms with Gasteiger partial charge in [0, 0.05) is 23.2 Å². The van der Waals surface area contributed by atoms with Crippen molar-refractivity contribution in [2.45, 2.75) is 32.2 Å². The van der Waals surface area contributed by atoms with Gasteiger partial charge in [0.15, 0.2) is 0 Å². The second-order valence-electron chi connectivity index (χ2n) is 6.74.